The fourth-order valence-electron chi connectivity index (χ4n) is 4.05. The summed E-state index contributed by atoms with van der Waals surface area (Å²) < 4.78 is 14.0. The Bertz CT molecular complexity index is 735. The molecule has 0 spiro atoms. The molecule has 4 rings (SSSR count). The molecule has 0 saturated heterocycles. The van der Waals surface area contributed by atoms with Crippen LogP contribution in [0.15, 0.2) is 18.5 Å². The molecule has 0 unspecified atom stereocenters. The molecule has 2 aromatic heterocycles. The zero-order chi connectivity index (χ0) is 17.2. The fraction of sp³-hybridized carbons (Fsp3) is 0.550. The van der Waals surface area contributed by atoms with Gasteiger partial charge in [0.1, 0.15) is 5.82 Å². The van der Waals surface area contributed by atoms with Crippen LogP contribution in [0.25, 0.3) is 0 Å². The van der Waals surface area contributed by atoms with E-state index in [-0.39, 0.29) is 5.95 Å². The monoisotopic (exact) mass is 340 g/mol. The Kier molecular flexibility index (Phi) is 4.75. The summed E-state index contributed by atoms with van der Waals surface area (Å²) >= 11 is 0. The van der Waals surface area contributed by atoms with E-state index in [0.717, 1.165) is 30.9 Å². The second kappa shape index (κ2) is 7.16. The van der Waals surface area contributed by atoms with Crippen molar-refractivity contribution in [2.75, 3.05) is 6.54 Å². The van der Waals surface area contributed by atoms with E-state index in [1.807, 2.05) is 19.2 Å². The van der Waals surface area contributed by atoms with Crippen molar-refractivity contribution in [2.45, 2.75) is 64.5 Å². The lowest BCUT2D eigenvalue weighted by Crippen LogP contribution is -2.32. The minimum absolute atomic E-state index is 0.352. The number of aromatic nitrogens is 3. The summed E-state index contributed by atoms with van der Waals surface area (Å²) in [6, 6.07) is 1.87. The van der Waals surface area contributed by atoms with Gasteiger partial charge in [0.2, 0.25) is 5.95 Å². The number of hydrogen-bond acceptors (Lipinski definition) is 4. The van der Waals surface area contributed by atoms with Crippen molar-refractivity contribution >= 4 is 0 Å². The Morgan fingerprint density at radius 3 is 2.84 bits per heavy atom. The second-order valence-electron chi connectivity index (χ2n) is 7.39. The van der Waals surface area contributed by atoms with E-state index in [4.69, 9.17) is 4.98 Å². The fourth-order valence-corrected chi connectivity index (χ4v) is 4.05. The molecule has 1 fully saturated rings. The molecule has 2 aromatic rings. The van der Waals surface area contributed by atoms with E-state index in [1.54, 1.807) is 0 Å². The number of nitrogens with zero attached hydrogens (tertiary/aromatic N) is 4. The first-order valence-corrected chi connectivity index (χ1v) is 9.38. The van der Waals surface area contributed by atoms with Crippen molar-refractivity contribution in [2.24, 2.45) is 0 Å². The predicted octanol–water partition coefficient (Wildman–Crippen LogP) is 3.93. The summed E-state index contributed by atoms with van der Waals surface area (Å²) in [5, 5.41) is 0. The summed E-state index contributed by atoms with van der Waals surface area (Å²) in [5.74, 6) is 1.24. The molecule has 2 aliphatic rings. The molecule has 0 N–H and O–H groups in total. The third-order valence-corrected chi connectivity index (χ3v) is 5.62. The quantitative estimate of drug-likeness (QED) is 0.794. The molecule has 1 aliphatic carbocycles. The van der Waals surface area contributed by atoms with Crippen molar-refractivity contribution in [3.63, 3.8) is 0 Å². The number of fused-ring (bicyclic) bond motifs is 1. The van der Waals surface area contributed by atoms with Crippen LogP contribution in [-0.2, 0) is 19.5 Å². The van der Waals surface area contributed by atoms with E-state index in [1.165, 1.54) is 49.6 Å². The molecule has 0 radical (unpaired) electrons. The van der Waals surface area contributed by atoms with Gasteiger partial charge in [-0.05, 0) is 31.4 Å². The zero-order valence-electron chi connectivity index (χ0n) is 14.8. The highest BCUT2D eigenvalue weighted by molar-refractivity contribution is 5.25. The SMILES string of the molecule is Cc1ccnc(F)c1CN1CCc2nc(C3CCCCC3)ncc2C1. The second-order valence-corrected chi connectivity index (χ2v) is 7.39. The molecular weight excluding hydrogens is 315 g/mol. The summed E-state index contributed by atoms with van der Waals surface area (Å²) in [6.45, 7) is 4.23. The maximum Gasteiger partial charge on any atom is 0.217 e. The number of rotatable bonds is 3. The van der Waals surface area contributed by atoms with Crippen molar-refractivity contribution in [3.05, 3.63) is 52.6 Å². The van der Waals surface area contributed by atoms with E-state index in [9.17, 15) is 4.39 Å². The zero-order valence-corrected chi connectivity index (χ0v) is 14.8. The molecule has 1 aliphatic heterocycles. The van der Waals surface area contributed by atoms with Gasteiger partial charge in [-0.25, -0.2) is 15.0 Å². The van der Waals surface area contributed by atoms with E-state index >= 15 is 0 Å². The van der Waals surface area contributed by atoms with Crippen LogP contribution in [0.1, 0.15) is 66.2 Å². The summed E-state index contributed by atoms with van der Waals surface area (Å²) in [7, 11) is 0. The lowest BCUT2D eigenvalue weighted by atomic mass is 9.88. The van der Waals surface area contributed by atoms with Crippen LogP contribution in [0.3, 0.4) is 0 Å². The van der Waals surface area contributed by atoms with Crippen LogP contribution in [0.5, 0.6) is 0 Å². The van der Waals surface area contributed by atoms with Gasteiger partial charge in [-0.1, -0.05) is 19.3 Å². The number of halogens is 1. The highest BCUT2D eigenvalue weighted by atomic mass is 19.1. The van der Waals surface area contributed by atoms with Crippen molar-refractivity contribution in [1.82, 2.24) is 19.9 Å². The summed E-state index contributed by atoms with van der Waals surface area (Å²) in [6.07, 6.45) is 10.9. The molecule has 0 bridgehead atoms. The van der Waals surface area contributed by atoms with E-state index < -0.39 is 0 Å². The van der Waals surface area contributed by atoms with Crippen molar-refractivity contribution in [3.8, 4) is 0 Å². The van der Waals surface area contributed by atoms with E-state index in [2.05, 4.69) is 14.9 Å². The molecule has 0 aromatic carbocycles. The van der Waals surface area contributed by atoms with Gasteiger partial charge in [-0.15, -0.1) is 0 Å². The van der Waals surface area contributed by atoms with E-state index in [0.29, 0.717) is 18.0 Å². The normalized spacial score (nSPS) is 19.0. The highest BCUT2D eigenvalue weighted by Crippen LogP contribution is 2.31. The lowest BCUT2D eigenvalue weighted by Gasteiger charge is -2.29. The average Bonchev–Trinajstić information content (AvgIpc) is 2.65. The number of aryl methyl sites for hydroxylation is 1. The topological polar surface area (TPSA) is 41.9 Å². The standard InChI is InChI=1S/C20H25FN4/c1-14-7-9-22-19(21)17(14)13-25-10-8-18-16(12-25)11-23-20(24-18)15-5-3-2-4-6-15/h7,9,11,15H,2-6,8,10,12-13H2,1H3. The summed E-state index contributed by atoms with van der Waals surface area (Å²) in [4.78, 5) is 15.6. The van der Waals surface area contributed by atoms with Crippen LogP contribution < -0.4 is 0 Å². The first-order chi connectivity index (χ1) is 12.2. The summed E-state index contributed by atoms with van der Waals surface area (Å²) in [5.41, 5.74) is 4.04. The molecule has 0 amide bonds. The van der Waals surface area contributed by atoms with Gasteiger partial charge in [-0.3, -0.25) is 4.90 Å². The average molecular weight is 340 g/mol. The van der Waals surface area contributed by atoms with Crippen LogP contribution in [-0.4, -0.2) is 26.4 Å². The van der Waals surface area contributed by atoms with Crippen LogP contribution in [0.2, 0.25) is 0 Å². The highest BCUT2D eigenvalue weighted by Gasteiger charge is 2.23. The minimum Gasteiger partial charge on any atom is -0.294 e. The van der Waals surface area contributed by atoms with Crippen molar-refractivity contribution in [1.29, 1.82) is 0 Å². The van der Waals surface area contributed by atoms with Gasteiger partial charge in [0, 0.05) is 61.2 Å². The minimum atomic E-state index is -0.352. The molecule has 132 valence electrons. The number of hydrogen-bond donors (Lipinski definition) is 0. The largest absolute Gasteiger partial charge is 0.294 e. The van der Waals surface area contributed by atoms with Crippen LogP contribution in [0.4, 0.5) is 4.39 Å². The lowest BCUT2D eigenvalue weighted by molar-refractivity contribution is 0.237. The first-order valence-electron chi connectivity index (χ1n) is 9.38. The molecular formula is C20H25FN4. The molecule has 1 saturated carbocycles. The Labute approximate surface area is 148 Å². The Balaban J connectivity index is 1.48. The van der Waals surface area contributed by atoms with Gasteiger partial charge in [0.25, 0.3) is 0 Å². The molecule has 5 heteroatoms. The van der Waals surface area contributed by atoms with Gasteiger partial charge >= 0.3 is 0 Å². The van der Waals surface area contributed by atoms with Crippen LogP contribution in [0, 0.1) is 12.9 Å². The Morgan fingerprint density at radius 2 is 2.04 bits per heavy atom. The number of pyridine rings is 1. The first kappa shape index (κ1) is 16.6. The third kappa shape index (κ3) is 3.56. The van der Waals surface area contributed by atoms with Gasteiger partial charge in [-0.2, -0.15) is 4.39 Å². The predicted molar refractivity (Wildman–Crippen MR) is 94.6 cm³/mol. The molecule has 0 atom stereocenters. The molecule has 3 heterocycles. The Morgan fingerprint density at radius 1 is 1.20 bits per heavy atom. The van der Waals surface area contributed by atoms with Gasteiger partial charge in [0.05, 0.1) is 0 Å². The maximum absolute atomic E-state index is 14.0. The van der Waals surface area contributed by atoms with Gasteiger partial charge in [0.15, 0.2) is 0 Å². The van der Waals surface area contributed by atoms with Crippen LogP contribution >= 0.6 is 0 Å². The third-order valence-electron chi connectivity index (χ3n) is 5.62. The van der Waals surface area contributed by atoms with Crippen molar-refractivity contribution < 1.29 is 4.39 Å². The Hall–Kier alpha value is -1.88. The van der Waals surface area contributed by atoms with Gasteiger partial charge < -0.3 is 0 Å². The molecule has 25 heavy (non-hydrogen) atoms. The molecule has 4 nitrogen and oxygen atoms in total. The maximum atomic E-state index is 14.0. The smallest absolute Gasteiger partial charge is 0.217 e.